The lowest BCUT2D eigenvalue weighted by Gasteiger charge is -2.32. The maximum Gasteiger partial charge on any atom is 0.406 e. The largest absolute Gasteiger partial charge is 0.406 e. The molecule has 1 saturated carbocycles. The van der Waals surface area contributed by atoms with Crippen LogP contribution in [-0.2, 0) is 11.3 Å². The number of carbonyl (C=O) groups excluding carboxylic acids is 1. The summed E-state index contributed by atoms with van der Waals surface area (Å²) in [5.41, 5.74) is 5.54. The van der Waals surface area contributed by atoms with Gasteiger partial charge in [-0.3, -0.25) is 4.79 Å². The van der Waals surface area contributed by atoms with Gasteiger partial charge in [0.1, 0.15) is 6.54 Å². The number of nitrogens with zero attached hydrogens (tertiary/aromatic N) is 1. The number of rotatable bonds is 4. The highest BCUT2D eigenvalue weighted by Crippen LogP contribution is 2.30. The van der Waals surface area contributed by atoms with Gasteiger partial charge in [-0.25, -0.2) is 0 Å². The molecule has 0 saturated heterocycles. The summed E-state index contributed by atoms with van der Waals surface area (Å²) in [6.07, 6.45) is -1.95. The first kappa shape index (κ1) is 15.8. The highest BCUT2D eigenvalue weighted by atomic mass is 19.4. The molecule has 0 heterocycles. The standard InChI is InChI=1S/C15H19F3N2O/c16-15(17,18)11-20(10-12-6-2-1-3-7-12)13(21)14(19)8-4-5-9-14/h1-3,6-7H,4-5,8-11,19H2. The predicted octanol–water partition coefficient (Wildman–Crippen LogP) is 2.85. The summed E-state index contributed by atoms with van der Waals surface area (Å²) >= 11 is 0. The van der Waals surface area contributed by atoms with Gasteiger partial charge in [-0.1, -0.05) is 43.2 Å². The topological polar surface area (TPSA) is 46.3 Å². The third kappa shape index (κ3) is 4.20. The first-order valence-electron chi connectivity index (χ1n) is 6.99. The van der Waals surface area contributed by atoms with Crippen LogP contribution in [0.3, 0.4) is 0 Å². The second-order valence-electron chi connectivity index (χ2n) is 5.63. The van der Waals surface area contributed by atoms with E-state index in [0.717, 1.165) is 17.7 Å². The number of hydrogen-bond donors (Lipinski definition) is 1. The quantitative estimate of drug-likeness (QED) is 0.929. The highest BCUT2D eigenvalue weighted by molar-refractivity contribution is 5.86. The van der Waals surface area contributed by atoms with Crippen molar-refractivity contribution in [3.8, 4) is 0 Å². The van der Waals surface area contributed by atoms with Crippen LogP contribution in [0.5, 0.6) is 0 Å². The molecule has 0 radical (unpaired) electrons. The molecule has 21 heavy (non-hydrogen) atoms. The minimum Gasteiger partial charge on any atom is -0.328 e. The molecule has 0 aromatic heterocycles. The number of halogens is 3. The third-order valence-electron chi connectivity index (χ3n) is 3.80. The lowest BCUT2D eigenvalue weighted by Crippen LogP contribution is -2.55. The first-order valence-corrected chi connectivity index (χ1v) is 6.99. The van der Waals surface area contributed by atoms with Crippen molar-refractivity contribution in [2.75, 3.05) is 6.54 Å². The Morgan fingerprint density at radius 2 is 1.76 bits per heavy atom. The number of benzene rings is 1. The lowest BCUT2D eigenvalue weighted by molar-refractivity contribution is -0.165. The van der Waals surface area contributed by atoms with Gasteiger partial charge in [-0.2, -0.15) is 13.2 Å². The Morgan fingerprint density at radius 3 is 2.29 bits per heavy atom. The molecule has 116 valence electrons. The van der Waals surface area contributed by atoms with Gasteiger partial charge in [0.25, 0.3) is 0 Å². The van der Waals surface area contributed by atoms with Crippen molar-refractivity contribution >= 4 is 5.91 Å². The van der Waals surface area contributed by atoms with Crippen LogP contribution in [-0.4, -0.2) is 29.1 Å². The Hall–Kier alpha value is -1.56. The average Bonchev–Trinajstić information content (AvgIpc) is 2.85. The van der Waals surface area contributed by atoms with E-state index in [1.165, 1.54) is 0 Å². The number of alkyl halides is 3. The highest BCUT2D eigenvalue weighted by Gasteiger charge is 2.43. The van der Waals surface area contributed by atoms with Gasteiger partial charge in [-0.05, 0) is 18.4 Å². The van der Waals surface area contributed by atoms with E-state index in [2.05, 4.69) is 0 Å². The van der Waals surface area contributed by atoms with Crippen molar-refractivity contribution in [3.63, 3.8) is 0 Å². The Morgan fingerprint density at radius 1 is 1.19 bits per heavy atom. The van der Waals surface area contributed by atoms with Gasteiger partial charge in [0.05, 0.1) is 5.54 Å². The van der Waals surface area contributed by atoms with Crippen LogP contribution in [0, 0.1) is 0 Å². The number of nitrogens with two attached hydrogens (primary N) is 1. The van der Waals surface area contributed by atoms with Crippen molar-refractivity contribution in [1.82, 2.24) is 4.90 Å². The Kier molecular flexibility index (Phi) is 4.56. The third-order valence-corrected chi connectivity index (χ3v) is 3.80. The summed E-state index contributed by atoms with van der Waals surface area (Å²) < 4.78 is 38.2. The van der Waals surface area contributed by atoms with Gasteiger partial charge in [0.2, 0.25) is 5.91 Å². The summed E-state index contributed by atoms with van der Waals surface area (Å²) in [6, 6.07) is 8.66. The van der Waals surface area contributed by atoms with Gasteiger partial charge >= 0.3 is 6.18 Å². The molecule has 2 N–H and O–H groups in total. The van der Waals surface area contributed by atoms with Gasteiger partial charge in [0, 0.05) is 6.54 Å². The molecule has 0 atom stereocenters. The second-order valence-corrected chi connectivity index (χ2v) is 5.63. The van der Waals surface area contributed by atoms with E-state index in [1.807, 2.05) is 0 Å². The SMILES string of the molecule is NC1(C(=O)N(Cc2ccccc2)CC(F)(F)F)CCCC1. The average molecular weight is 300 g/mol. The summed E-state index contributed by atoms with van der Waals surface area (Å²) in [4.78, 5) is 13.3. The molecule has 1 aliphatic carbocycles. The van der Waals surface area contributed by atoms with Gasteiger partial charge in [-0.15, -0.1) is 0 Å². The number of carbonyl (C=O) groups is 1. The first-order chi connectivity index (χ1) is 9.80. The van der Waals surface area contributed by atoms with Crippen LogP contribution in [0.25, 0.3) is 0 Å². The fourth-order valence-corrected chi connectivity index (χ4v) is 2.75. The molecule has 3 nitrogen and oxygen atoms in total. The van der Waals surface area contributed by atoms with Gasteiger partial charge < -0.3 is 10.6 Å². The van der Waals surface area contributed by atoms with Crippen molar-refractivity contribution in [3.05, 3.63) is 35.9 Å². The molecule has 6 heteroatoms. The Balaban J connectivity index is 2.17. The molecular weight excluding hydrogens is 281 g/mol. The fraction of sp³-hybridized carbons (Fsp3) is 0.533. The van der Waals surface area contributed by atoms with E-state index in [9.17, 15) is 18.0 Å². The molecule has 0 aliphatic heterocycles. The van der Waals surface area contributed by atoms with Crippen molar-refractivity contribution in [1.29, 1.82) is 0 Å². The Labute approximate surface area is 121 Å². The van der Waals surface area contributed by atoms with Crippen molar-refractivity contribution in [2.45, 2.75) is 43.9 Å². The smallest absolute Gasteiger partial charge is 0.328 e. The van der Waals surface area contributed by atoms with Crippen LogP contribution in [0.2, 0.25) is 0 Å². The molecule has 0 unspecified atom stereocenters. The van der Waals surface area contributed by atoms with E-state index in [0.29, 0.717) is 18.4 Å². The maximum absolute atomic E-state index is 12.7. The van der Waals surface area contributed by atoms with E-state index in [1.54, 1.807) is 30.3 Å². The molecule has 1 amide bonds. The molecular formula is C15H19F3N2O. The summed E-state index contributed by atoms with van der Waals surface area (Å²) in [5, 5.41) is 0. The molecule has 1 aliphatic rings. The summed E-state index contributed by atoms with van der Waals surface area (Å²) in [7, 11) is 0. The van der Waals surface area contributed by atoms with E-state index >= 15 is 0 Å². The molecule has 0 bridgehead atoms. The van der Waals surface area contributed by atoms with Gasteiger partial charge in [0.15, 0.2) is 0 Å². The van der Waals surface area contributed by atoms with E-state index < -0.39 is 24.2 Å². The van der Waals surface area contributed by atoms with Crippen LogP contribution >= 0.6 is 0 Å². The van der Waals surface area contributed by atoms with Crippen LogP contribution in [0.15, 0.2) is 30.3 Å². The monoisotopic (exact) mass is 300 g/mol. The zero-order valence-electron chi connectivity index (χ0n) is 11.7. The number of amides is 1. The van der Waals surface area contributed by atoms with Crippen molar-refractivity contribution < 1.29 is 18.0 Å². The minimum absolute atomic E-state index is 0.0713. The summed E-state index contributed by atoms with van der Waals surface area (Å²) in [5.74, 6) is -0.596. The maximum atomic E-state index is 12.7. The lowest BCUT2D eigenvalue weighted by atomic mass is 9.96. The molecule has 1 aromatic rings. The normalized spacial score (nSPS) is 17.7. The zero-order valence-corrected chi connectivity index (χ0v) is 11.7. The van der Waals surface area contributed by atoms with E-state index in [4.69, 9.17) is 5.73 Å². The fourth-order valence-electron chi connectivity index (χ4n) is 2.75. The zero-order chi connectivity index (χ0) is 15.5. The predicted molar refractivity (Wildman–Crippen MR) is 73.3 cm³/mol. The molecule has 2 rings (SSSR count). The molecule has 1 aromatic carbocycles. The molecule has 1 fully saturated rings. The van der Waals surface area contributed by atoms with Crippen LogP contribution in [0.4, 0.5) is 13.2 Å². The van der Waals surface area contributed by atoms with E-state index in [-0.39, 0.29) is 6.54 Å². The number of hydrogen-bond acceptors (Lipinski definition) is 2. The van der Waals surface area contributed by atoms with Crippen molar-refractivity contribution in [2.24, 2.45) is 5.73 Å². The molecule has 0 spiro atoms. The van der Waals surface area contributed by atoms with Crippen LogP contribution < -0.4 is 5.73 Å². The Bertz CT molecular complexity index is 481. The minimum atomic E-state index is -4.43. The van der Waals surface area contributed by atoms with Crippen LogP contribution in [0.1, 0.15) is 31.2 Å². The second kappa shape index (κ2) is 6.05. The summed E-state index contributed by atoms with van der Waals surface area (Å²) in [6.45, 7) is -1.34.